The minimum Gasteiger partial charge on any atom is -0.396 e. The van der Waals surface area contributed by atoms with Crippen LogP contribution < -0.4 is 11.1 Å². The molecule has 8 heteroatoms. The molecular weight excluding hydrogens is 564 g/mol. The normalized spacial score (nSPS) is 13.7. The van der Waals surface area contributed by atoms with E-state index in [1.165, 1.54) is 9.80 Å². The van der Waals surface area contributed by atoms with Gasteiger partial charge in [-0.05, 0) is 49.1 Å². The van der Waals surface area contributed by atoms with E-state index in [1.54, 1.807) is 20.2 Å². The molecule has 3 aromatic carbocycles. The van der Waals surface area contributed by atoms with Crippen LogP contribution in [0.2, 0.25) is 0 Å². The molecule has 0 fully saturated rings. The molecule has 0 saturated carbocycles. The number of carbonyl (C=O) groups excluding carboxylic acids is 3. The van der Waals surface area contributed by atoms with Crippen LogP contribution in [0.1, 0.15) is 52.2 Å². The standard InChI is InChI=1S/C37H50N4O4/c1-26(23-37(4,5)38)19-33(43)40(6)32(22-28-17-18-29-15-11-12-16-30(29)20-28)35(45)41(7)31(21-27-13-9-8-10-14-27)34(44)39-24-36(2,3)25-42/h8-20,31-32,42H,21-25,38H2,1-7H3,(H,39,44)/b26-19+/t31-,32-/m1/s1. The topological polar surface area (TPSA) is 116 Å². The summed E-state index contributed by atoms with van der Waals surface area (Å²) >= 11 is 0. The van der Waals surface area contributed by atoms with Crippen LogP contribution in [0.15, 0.2) is 84.4 Å². The van der Waals surface area contributed by atoms with E-state index in [0.717, 1.165) is 27.5 Å². The highest BCUT2D eigenvalue weighted by molar-refractivity contribution is 5.95. The second kappa shape index (κ2) is 15.3. The Morgan fingerprint density at radius 2 is 1.44 bits per heavy atom. The summed E-state index contributed by atoms with van der Waals surface area (Å²) in [5.41, 5.74) is 7.80. The van der Waals surface area contributed by atoms with Crippen LogP contribution in [0.5, 0.6) is 0 Å². The zero-order valence-corrected chi connectivity index (χ0v) is 27.8. The van der Waals surface area contributed by atoms with Crippen LogP contribution in [0.25, 0.3) is 10.8 Å². The second-order valence-corrected chi connectivity index (χ2v) is 13.7. The highest BCUT2D eigenvalue weighted by Crippen LogP contribution is 2.21. The van der Waals surface area contributed by atoms with Crippen LogP contribution in [0, 0.1) is 5.41 Å². The lowest BCUT2D eigenvalue weighted by Gasteiger charge is -2.35. The Hall–Kier alpha value is -4.01. The molecule has 0 aromatic heterocycles. The highest BCUT2D eigenvalue weighted by Gasteiger charge is 2.35. The van der Waals surface area contributed by atoms with Crippen molar-refractivity contribution in [3.8, 4) is 0 Å². The predicted molar refractivity (Wildman–Crippen MR) is 181 cm³/mol. The van der Waals surface area contributed by atoms with Gasteiger partial charge in [-0.1, -0.05) is 92.2 Å². The molecule has 0 saturated heterocycles. The summed E-state index contributed by atoms with van der Waals surface area (Å²) in [6.07, 6.45) is 2.63. The lowest BCUT2D eigenvalue weighted by atomic mass is 9.94. The molecule has 0 bridgehead atoms. The van der Waals surface area contributed by atoms with E-state index < -0.39 is 23.0 Å². The lowest BCUT2D eigenvalue weighted by Crippen LogP contribution is -2.56. The van der Waals surface area contributed by atoms with Crippen molar-refractivity contribution in [2.45, 2.75) is 71.5 Å². The SMILES string of the molecule is C/C(=C\C(=O)N(C)[C@H](Cc1ccc2ccccc2c1)C(=O)N(C)[C@H](Cc1ccccc1)C(=O)NCC(C)(C)CO)CC(C)(C)N. The van der Waals surface area contributed by atoms with Gasteiger partial charge < -0.3 is 26.0 Å². The Bertz CT molecular complexity index is 1490. The van der Waals surface area contributed by atoms with Crippen molar-refractivity contribution in [2.24, 2.45) is 11.1 Å². The Kier molecular flexibility index (Phi) is 12.1. The third kappa shape index (κ3) is 10.5. The summed E-state index contributed by atoms with van der Waals surface area (Å²) in [4.78, 5) is 44.6. The number of hydrogen-bond acceptors (Lipinski definition) is 5. The monoisotopic (exact) mass is 614 g/mol. The quantitative estimate of drug-likeness (QED) is 0.232. The number of amides is 3. The van der Waals surface area contributed by atoms with Gasteiger partial charge in [-0.2, -0.15) is 0 Å². The molecule has 0 unspecified atom stereocenters. The van der Waals surface area contributed by atoms with Gasteiger partial charge in [0.2, 0.25) is 17.7 Å². The molecule has 0 radical (unpaired) electrons. The molecular formula is C37H50N4O4. The number of hydrogen-bond donors (Lipinski definition) is 3. The Balaban J connectivity index is 1.99. The number of aliphatic hydroxyl groups is 1. The number of carbonyl (C=O) groups is 3. The van der Waals surface area contributed by atoms with Gasteiger partial charge in [0.1, 0.15) is 12.1 Å². The first-order valence-electron chi connectivity index (χ1n) is 15.5. The van der Waals surface area contributed by atoms with Gasteiger partial charge in [0.15, 0.2) is 0 Å². The van der Waals surface area contributed by atoms with Crippen LogP contribution >= 0.6 is 0 Å². The Morgan fingerprint density at radius 3 is 2.07 bits per heavy atom. The van der Waals surface area contributed by atoms with Gasteiger partial charge >= 0.3 is 0 Å². The summed E-state index contributed by atoms with van der Waals surface area (Å²) in [6.45, 7) is 9.53. The molecule has 2 atom stereocenters. The Morgan fingerprint density at radius 1 is 0.844 bits per heavy atom. The molecule has 4 N–H and O–H groups in total. The van der Waals surface area contributed by atoms with E-state index in [0.29, 0.717) is 12.8 Å². The summed E-state index contributed by atoms with van der Waals surface area (Å²) in [6, 6.07) is 21.8. The van der Waals surface area contributed by atoms with Crippen LogP contribution in [-0.4, -0.2) is 77.5 Å². The van der Waals surface area contributed by atoms with Crippen molar-refractivity contribution < 1.29 is 19.5 Å². The number of nitrogens with zero attached hydrogens (tertiary/aromatic N) is 2. The lowest BCUT2D eigenvalue weighted by molar-refractivity contribution is -0.146. The van der Waals surface area contributed by atoms with Gasteiger partial charge in [0.05, 0.1) is 0 Å². The minimum absolute atomic E-state index is 0.0968. The van der Waals surface area contributed by atoms with Gasteiger partial charge in [-0.3, -0.25) is 14.4 Å². The summed E-state index contributed by atoms with van der Waals surface area (Å²) in [5.74, 6) is -0.977. The van der Waals surface area contributed by atoms with Gasteiger partial charge in [-0.15, -0.1) is 0 Å². The fraction of sp³-hybridized carbons (Fsp3) is 0.432. The molecule has 0 aliphatic rings. The fourth-order valence-corrected chi connectivity index (χ4v) is 5.35. The molecule has 0 heterocycles. The zero-order valence-electron chi connectivity index (χ0n) is 27.8. The van der Waals surface area contributed by atoms with Gasteiger partial charge in [-0.25, -0.2) is 0 Å². The molecule has 3 aromatic rings. The maximum Gasteiger partial charge on any atom is 0.246 e. The zero-order chi connectivity index (χ0) is 33.4. The van der Waals surface area contributed by atoms with Gasteiger partial charge in [0.25, 0.3) is 0 Å². The third-order valence-electron chi connectivity index (χ3n) is 8.01. The number of rotatable bonds is 14. The maximum absolute atomic E-state index is 14.4. The van der Waals surface area contributed by atoms with Crippen molar-refractivity contribution in [1.82, 2.24) is 15.1 Å². The summed E-state index contributed by atoms with van der Waals surface area (Å²) in [5, 5.41) is 14.8. The van der Waals surface area contributed by atoms with E-state index in [-0.39, 0.29) is 37.3 Å². The van der Waals surface area contributed by atoms with E-state index in [9.17, 15) is 19.5 Å². The number of aliphatic hydroxyl groups excluding tert-OH is 1. The second-order valence-electron chi connectivity index (χ2n) is 13.7. The molecule has 242 valence electrons. The van der Waals surface area contributed by atoms with Gasteiger partial charge in [0, 0.05) is 57.1 Å². The van der Waals surface area contributed by atoms with Crippen LogP contribution in [-0.2, 0) is 27.2 Å². The third-order valence-corrected chi connectivity index (χ3v) is 8.01. The largest absolute Gasteiger partial charge is 0.396 e. The highest BCUT2D eigenvalue weighted by atomic mass is 16.3. The first-order chi connectivity index (χ1) is 21.1. The van der Waals surface area contributed by atoms with E-state index in [1.807, 2.05) is 107 Å². The molecule has 3 rings (SSSR count). The number of benzene rings is 3. The predicted octanol–water partition coefficient (Wildman–Crippen LogP) is 4.49. The fourth-order valence-electron chi connectivity index (χ4n) is 5.35. The first-order valence-corrected chi connectivity index (χ1v) is 15.5. The number of fused-ring (bicyclic) bond motifs is 1. The number of likely N-dealkylation sites (N-methyl/N-ethyl adjacent to an activating group) is 2. The average Bonchev–Trinajstić information content (AvgIpc) is 2.99. The van der Waals surface area contributed by atoms with Crippen LogP contribution in [0.4, 0.5) is 0 Å². The van der Waals surface area contributed by atoms with E-state index in [4.69, 9.17) is 5.73 Å². The smallest absolute Gasteiger partial charge is 0.246 e. The molecule has 0 spiro atoms. The summed E-state index contributed by atoms with van der Waals surface area (Å²) < 4.78 is 0. The first kappa shape index (κ1) is 35.5. The molecule has 45 heavy (non-hydrogen) atoms. The molecule has 3 amide bonds. The number of nitrogens with two attached hydrogens (primary N) is 1. The van der Waals surface area contributed by atoms with Crippen molar-refractivity contribution in [3.63, 3.8) is 0 Å². The minimum atomic E-state index is -0.876. The molecule has 0 aliphatic carbocycles. The van der Waals surface area contributed by atoms with Crippen molar-refractivity contribution in [3.05, 3.63) is 95.6 Å². The summed E-state index contributed by atoms with van der Waals surface area (Å²) in [7, 11) is 3.25. The number of nitrogens with one attached hydrogen (secondary N) is 1. The van der Waals surface area contributed by atoms with Crippen LogP contribution in [0.3, 0.4) is 0 Å². The average molecular weight is 615 g/mol. The molecule has 8 nitrogen and oxygen atoms in total. The van der Waals surface area contributed by atoms with Crippen molar-refractivity contribution >= 4 is 28.5 Å². The maximum atomic E-state index is 14.4. The van der Waals surface area contributed by atoms with Crippen molar-refractivity contribution in [1.29, 1.82) is 0 Å². The van der Waals surface area contributed by atoms with E-state index in [2.05, 4.69) is 5.32 Å². The van der Waals surface area contributed by atoms with E-state index >= 15 is 0 Å². The molecule has 0 aliphatic heterocycles. The Labute approximate surface area is 268 Å². The van der Waals surface area contributed by atoms with Crippen molar-refractivity contribution in [2.75, 3.05) is 27.2 Å².